The molecule has 2 heteroatoms. The van der Waals surface area contributed by atoms with E-state index < -0.39 is 0 Å². The van der Waals surface area contributed by atoms with Crippen LogP contribution in [0.4, 0.5) is 17.1 Å². The minimum atomic E-state index is 0.659. The highest BCUT2D eigenvalue weighted by molar-refractivity contribution is 7.26. The van der Waals surface area contributed by atoms with Crippen molar-refractivity contribution in [2.75, 3.05) is 7.05 Å². The molecule has 1 aliphatic rings. The molecule has 0 radical (unpaired) electrons. The van der Waals surface area contributed by atoms with Crippen molar-refractivity contribution < 1.29 is 0 Å². The number of nitrogens with zero attached hydrogens (tertiary/aromatic N) is 1. The van der Waals surface area contributed by atoms with Crippen molar-refractivity contribution in [3.05, 3.63) is 127 Å². The van der Waals surface area contributed by atoms with Crippen LogP contribution in [-0.2, 0) is 0 Å². The van der Waals surface area contributed by atoms with Gasteiger partial charge in [0.2, 0.25) is 0 Å². The van der Waals surface area contributed by atoms with Crippen molar-refractivity contribution >= 4 is 80.9 Å². The molecule has 8 aromatic rings. The number of benzene rings is 7. The Bertz CT molecular complexity index is 2290. The van der Waals surface area contributed by atoms with Crippen LogP contribution in [0.15, 0.2) is 127 Å². The van der Waals surface area contributed by atoms with E-state index in [9.17, 15) is 0 Å². The summed E-state index contributed by atoms with van der Waals surface area (Å²) in [5, 5.41) is 10.8. The third-order valence-electron chi connectivity index (χ3n) is 8.86. The van der Waals surface area contributed by atoms with Gasteiger partial charge in [0, 0.05) is 32.3 Å². The average Bonchev–Trinajstić information content (AvgIpc) is 3.52. The lowest BCUT2D eigenvalue weighted by molar-refractivity contribution is 0.648. The SMILES string of the molecule is C[N+]1(c2ccccc2)c2ccccc2-c2c1c1sc3ccccc3c1c1c3ccccc3c3ccccc3c21. The molecule has 182 valence electrons. The molecule has 1 atom stereocenters. The van der Waals surface area contributed by atoms with E-state index in [2.05, 4.69) is 134 Å². The van der Waals surface area contributed by atoms with Gasteiger partial charge in [-0.1, -0.05) is 97.1 Å². The van der Waals surface area contributed by atoms with Gasteiger partial charge in [-0.25, -0.2) is 4.48 Å². The van der Waals surface area contributed by atoms with Crippen LogP contribution >= 0.6 is 11.3 Å². The molecular weight excluding hydrogens is 490 g/mol. The molecule has 39 heavy (non-hydrogen) atoms. The van der Waals surface area contributed by atoms with Crippen LogP contribution in [-0.4, -0.2) is 7.05 Å². The first-order chi connectivity index (χ1) is 19.3. The molecule has 1 aliphatic heterocycles. The number of fused-ring (bicyclic) bond motifs is 15. The second kappa shape index (κ2) is 7.54. The van der Waals surface area contributed by atoms with Crippen LogP contribution in [0.2, 0.25) is 0 Å². The highest BCUT2D eigenvalue weighted by Crippen LogP contribution is 2.64. The molecule has 0 N–H and O–H groups in total. The van der Waals surface area contributed by atoms with E-state index in [0.717, 1.165) is 0 Å². The van der Waals surface area contributed by atoms with Gasteiger partial charge in [-0.05, 0) is 45.8 Å². The maximum absolute atomic E-state index is 2.39. The fourth-order valence-corrected chi connectivity index (χ4v) is 8.57. The van der Waals surface area contributed by atoms with Crippen molar-refractivity contribution in [1.29, 1.82) is 0 Å². The van der Waals surface area contributed by atoms with Crippen molar-refractivity contribution in [2.24, 2.45) is 0 Å². The molecular formula is C37H24NS+. The summed E-state index contributed by atoms with van der Waals surface area (Å²) in [6.45, 7) is 0. The Kier molecular flexibility index (Phi) is 4.14. The number of hydrogen-bond acceptors (Lipinski definition) is 1. The fraction of sp³-hybridized carbons (Fsp3) is 0.0270. The first-order valence-electron chi connectivity index (χ1n) is 13.5. The average molecular weight is 515 g/mol. The van der Waals surface area contributed by atoms with Crippen molar-refractivity contribution in [2.45, 2.75) is 0 Å². The molecule has 9 rings (SSSR count). The molecule has 7 aromatic carbocycles. The zero-order valence-electron chi connectivity index (χ0n) is 21.5. The summed E-state index contributed by atoms with van der Waals surface area (Å²) >= 11 is 1.95. The van der Waals surface area contributed by atoms with Crippen LogP contribution in [0.3, 0.4) is 0 Å². The Hall–Kier alpha value is -4.50. The van der Waals surface area contributed by atoms with Gasteiger partial charge in [0.1, 0.15) is 5.69 Å². The molecule has 0 fully saturated rings. The number of quaternary nitrogens is 1. The number of thiophene rings is 1. The molecule has 0 bridgehead atoms. The van der Waals surface area contributed by atoms with E-state index in [-0.39, 0.29) is 0 Å². The molecule has 1 unspecified atom stereocenters. The van der Waals surface area contributed by atoms with Crippen LogP contribution in [0.1, 0.15) is 0 Å². The van der Waals surface area contributed by atoms with Gasteiger partial charge in [-0.3, -0.25) is 0 Å². The fourth-order valence-electron chi connectivity index (χ4n) is 7.23. The lowest BCUT2D eigenvalue weighted by Gasteiger charge is -2.30. The van der Waals surface area contributed by atoms with Gasteiger partial charge in [-0.15, -0.1) is 11.3 Å². The third-order valence-corrected chi connectivity index (χ3v) is 10.0. The summed E-state index contributed by atoms with van der Waals surface area (Å²) < 4.78 is 3.39. The molecule has 0 spiro atoms. The monoisotopic (exact) mass is 514 g/mol. The van der Waals surface area contributed by atoms with Crippen molar-refractivity contribution in [3.63, 3.8) is 0 Å². The molecule has 1 aromatic heterocycles. The number of hydrogen-bond donors (Lipinski definition) is 0. The topological polar surface area (TPSA) is 0 Å². The lowest BCUT2D eigenvalue weighted by Crippen LogP contribution is -2.31. The normalized spacial score (nSPS) is 16.4. The van der Waals surface area contributed by atoms with E-state index in [0.29, 0.717) is 4.48 Å². The second-order valence-electron chi connectivity index (χ2n) is 10.7. The molecule has 2 heterocycles. The first-order valence-corrected chi connectivity index (χ1v) is 14.3. The summed E-state index contributed by atoms with van der Waals surface area (Å²) in [5.41, 5.74) is 6.73. The van der Waals surface area contributed by atoms with Crippen molar-refractivity contribution in [1.82, 2.24) is 4.48 Å². The maximum Gasteiger partial charge on any atom is 0.169 e. The zero-order chi connectivity index (χ0) is 25.7. The predicted octanol–water partition coefficient (Wildman–Crippen LogP) is 11.1. The largest absolute Gasteiger partial charge is 0.227 e. The van der Waals surface area contributed by atoms with E-state index in [1.54, 1.807) is 0 Å². The lowest BCUT2D eigenvalue weighted by atomic mass is 9.87. The van der Waals surface area contributed by atoms with Gasteiger partial charge in [0.25, 0.3) is 0 Å². The van der Waals surface area contributed by atoms with Gasteiger partial charge in [0.05, 0.1) is 22.9 Å². The zero-order valence-corrected chi connectivity index (χ0v) is 22.3. The summed E-state index contributed by atoms with van der Waals surface area (Å²) in [5.74, 6) is 0. The van der Waals surface area contributed by atoms with Gasteiger partial charge >= 0.3 is 0 Å². The van der Waals surface area contributed by atoms with Gasteiger partial charge in [0.15, 0.2) is 11.4 Å². The number of para-hydroxylation sites is 2. The molecule has 0 saturated carbocycles. The van der Waals surface area contributed by atoms with E-state index in [1.165, 1.54) is 80.7 Å². The summed E-state index contributed by atoms with van der Waals surface area (Å²) in [4.78, 5) is 0. The molecule has 0 aliphatic carbocycles. The van der Waals surface area contributed by atoms with Crippen LogP contribution in [0.5, 0.6) is 0 Å². The van der Waals surface area contributed by atoms with Crippen LogP contribution in [0, 0.1) is 0 Å². The van der Waals surface area contributed by atoms with Gasteiger partial charge in [-0.2, -0.15) is 0 Å². The quantitative estimate of drug-likeness (QED) is 0.151. The Labute approximate surface area is 230 Å². The Balaban J connectivity index is 1.68. The second-order valence-corrected chi connectivity index (χ2v) is 11.8. The van der Waals surface area contributed by atoms with Crippen LogP contribution < -0.4 is 4.48 Å². The van der Waals surface area contributed by atoms with E-state index in [4.69, 9.17) is 0 Å². The Morgan fingerprint density at radius 2 is 1.05 bits per heavy atom. The standard InChI is InChI=1S/C37H24NS/c1-38(23-13-3-2-4-14-23)30-21-11-9-19-28(30)34-32-26-17-7-5-15-24(26)25-16-6-8-18-27(25)33(32)35-29-20-10-12-22-31(29)39-37(35)36(34)38/h2-22H,1H3/q+1. The van der Waals surface area contributed by atoms with Crippen LogP contribution in [0.25, 0.3) is 63.6 Å². The Morgan fingerprint density at radius 3 is 1.79 bits per heavy atom. The summed E-state index contributed by atoms with van der Waals surface area (Å²) in [7, 11) is 2.39. The third kappa shape index (κ3) is 2.58. The van der Waals surface area contributed by atoms with Gasteiger partial charge < -0.3 is 0 Å². The smallest absolute Gasteiger partial charge is 0.169 e. The first kappa shape index (κ1) is 21.4. The molecule has 0 saturated heterocycles. The molecule has 0 amide bonds. The highest BCUT2D eigenvalue weighted by atomic mass is 32.1. The summed E-state index contributed by atoms with van der Waals surface area (Å²) in [6.07, 6.45) is 0. The maximum atomic E-state index is 2.39. The minimum absolute atomic E-state index is 0.659. The molecule has 1 nitrogen and oxygen atoms in total. The highest BCUT2D eigenvalue weighted by Gasteiger charge is 2.46. The van der Waals surface area contributed by atoms with E-state index in [1.807, 2.05) is 11.3 Å². The minimum Gasteiger partial charge on any atom is -0.227 e. The van der Waals surface area contributed by atoms with E-state index >= 15 is 0 Å². The summed E-state index contributed by atoms with van der Waals surface area (Å²) in [6, 6.07) is 47.1. The Morgan fingerprint density at radius 1 is 0.487 bits per heavy atom. The van der Waals surface area contributed by atoms with Crippen molar-refractivity contribution in [3.8, 4) is 11.1 Å². The number of rotatable bonds is 1. The predicted molar refractivity (Wildman–Crippen MR) is 171 cm³/mol.